The molecule has 152 valence electrons. The fourth-order valence-corrected chi connectivity index (χ4v) is 3.96. The average molecular weight is 486 g/mol. The summed E-state index contributed by atoms with van der Waals surface area (Å²) < 4.78 is 6.12. The van der Waals surface area contributed by atoms with E-state index in [1.54, 1.807) is 0 Å². The predicted molar refractivity (Wildman–Crippen MR) is 123 cm³/mol. The summed E-state index contributed by atoms with van der Waals surface area (Å²) in [5, 5.41) is 7.08. The van der Waals surface area contributed by atoms with Crippen LogP contribution in [0.1, 0.15) is 57.6 Å². The lowest BCUT2D eigenvalue weighted by atomic mass is 9.90. The number of nitrogens with zero attached hydrogens (tertiary/aromatic N) is 2. The van der Waals surface area contributed by atoms with E-state index < -0.39 is 0 Å². The number of unbranched alkanes of at least 4 members (excludes halogenated alkanes) is 1. The van der Waals surface area contributed by atoms with Crippen molar-refractivity contribution in [3.63, 3.8) is 0 Å². The number of aliphatic imine (C=N–C) groups is 1. The maximum atomic E-state index is 6.12. The Hall–Kier alpha value is -1.02. The molecule has 0 radical (unpaired) electrons. The van der Waals surface area contributed by atoms with Crippen LogP contribution in [0.4, 0.5) is 0 Å². The van der Waals surface area contributed by atoms with Crippen molar-refractivity contribution in [2.45, 2.75) is 57.6 Å². The van der Waals surface area contributed by atoms with Gasteiger partial charge >= 0.3 is 0 Å². The molecule has 6 heteroatoms. The third-order valence-electron chi connectivity index (χ3n) is 5.30. The minimum atomic E-state index is -0.180. The molecule has 1 atom stereocenters. The molecule has 0 bridgehead atoms. The van der Waals surface area contributed by atoms with Gasteiger partial charge in [0.05, 0.1) is 6.04 Å². The van der Waals surface area contributed by atoms with Gasteiger partial charge < -0.3 is 20.3 Å². The Kier molecular flexibility index (Phi) is 8.66. The summed E-state index contributed by atoms with van der Waals surface area (Å²) in [7, 11) is 1.84. The number of halogens is 1. The van der Waals surface area contributed by atoms with E-state index in [0.29, 0.717) is 0 Å². The molecule has 0 aliphatic carbocycles. The van der Waals surface area contributed by atoms with E-state index in [0.717, 1.165) is 24.7 Å². The Balaban J connectivity index is 0.00000261. The van der Waals surface area contributed by atoms with E-state index in [-0.39, 0.29) is 35.6 Å². The van der Waals surface area contributed by atoms with Crippen LogP contribution in [0.2, 0.25) is 0 Å². The number of ether oxygens (including phenoxy) is 1. The van der Waals surface area contributed by atoms with Crippen molar-refractivity contribution >= 4 is 29.9 Å². The lowest BCUT2D eigenvalue weighted by molar-refractivity contribution is 0.0694. The van der Waals surface area contributed by atoms with Gasteiger partial charge in [-0.2, -0.15) is 0 Å². The van der Waals surface area contributed by atoms with Gasteiger partial charge in [0.25, 0.3) is 0 Å². The minimum absolute atomic E-state index is 0. The second kappa shape index (κ2) is 10.5. The summed E-state index contributed by atoms with van der Waals surface area (Å²) in [5.74, 6) is 1.85. The van der Waals surface area contributed by atoms with Crippen LogP contribution in [-0.2, 0) is 0 Å². The van der Waals surface area contributed by atoms with Gasteiger partial charge in [-0.1, -0.05) is 18.2 Å². The molecule has 1 aromatic carbocycles. The van der Waals surface area contributed by atoms with E-state index in [1.165, 1.54) is 50.9 Å². The Morgan fingerprint density at radius 2 is 1.96 bits per heavy atom. The second-order valence-corrected chi connectivity index (χ2v) is 8.06. The summed E-state index contributed by atoms with van der Waals surface area (Å²) in [6.45, 7) is 9.06. The van der Waals surface area contributed by atoms with Gasteiger partial charge in [0.1, 0.15) is 11.4 Å². The molecule has 2 heterocycles. The molecule has 1 unspecified atom stereocenters. The highest BCUT2D eigenvalue weighted by Crippen LogP contribution is 2.39. The lowest BCUT2D eigenvalue weighted by Crippen LogP contribution is -2.45. The third-order valence-corrected chi connectivity index (χ3v) is 5.30. The maximum Gasteiger partial charge on any atom is 0.191 e. The fourth-order valence-electron chi connectivity index (χ4n) is 3.96. The Morgan fingerprint density at radius 3 is 2.70 bits per heavy atom. The molecule has 1 fully saturated rings. The van der Waals surface area contributed by atoms with Crippen LogP contribution in [0.3, 0.4) is 0 Å². The van der Waals surface area contributed by atoms with Crippen LogP contribution in [0.5, 0.6) is 5.75 Å². The van der Waals surface area contributed by atoms with Crippen molar-refractivity contribution in [1.82, 2.24) is 15.5 Å². The Bertz CT molecular complexity index is 614. The SMILES string of the molecule is CN=C(NCCCCN1CCCC1)NC1CC(C)(C)Oc2ccccc21.I. The number of benzene rings is 1. The van der Waals surface area contributed by atoms with Crippen LogP contribution in [0.15, 0.2) is 29.3 Å². The largest absolute Gasteiger partial charge is 0.487 e. The van der Waals surface area contributed by atoms with Crippen LogP contribution < -0.4 is 15.4 Å². The maximum absolute atomic E-state index is 6.12. The highest BCUT2D eigenvalue weighted by atomic mass is 127. The normalized spacial score (nSPS) is 21.7. The summed E-state index contributed by atoms with van der Waals surface area (Å²) >= 11 is 0. The van der Waals surface area contributed by atoms with Crippen molar-refractivity contribution in [2.75, 3.05) is 33.2 Å². The Morgan fingerprint density at radius 1 is 1.22 bits per heavy atom. The van der Waals surface area contributed by atoms with Gasteiger partial charge in [-0.15, -0.1) is 24.0 Å². The van der Waals surface area contributed by atoms with Gasteiger partial charge in [-0.25, -0.2) is 0 Å². The summed E-state index contributed by atoms with van der Waals surface area (Å²) in [6.07, 6.45) is 6.08. The first-order valence-electron chi connectivity index (χ1n) is 10.0. The number of hydrogen-bond acceptors (Lipinski definition) is 3. The van der Waals surface area contributed by atoms with Crippen LogP contribution >= 0.6 is 24.0 Å². The first-order chi connectivity index (χ1) is 12.6. The second-order valence-electron chi connectivity index (χ2n) is 8.06. The number of hydrogen-bond donors (Lipinski definition) is 2. The van der Waals surface area contributed by atoms with Crippen LogP contribution in [-0.4, -0.2) is 49.7 Å². The molecule has 1 saturated heterocycles. The molecule has 0 amide bonds. The van der Waals surface area contributed by atoms with Gasteiger partial charge in [-0.3, -0.25) is 4.99 Å². The molecular weight excluding hydrogens is 451 g/mol. The smallest absolute Gasteiger partial charge is 0.191 e. The number of nitrogens with one attached hydrogen (secondary N) is 2. The van der Waals surface area contributed by atoms with Crippen molar-refractivity contribution in [1.29, 1.82) is 0 Å². The molecular formula is C21H35IN4O. The van der Waals surface area contributed by atoms with Crippen LogP contribution in [0.25, 0.3) is 0 Å². The summed E-state index contributed by atoms with van der Waals surface area (Å²) in [6, 6.07) is 8.52. The highest BCUT2D eigenvalue weighted by Gasteiger charge is 2.33. The van der Waals surface area contributed by atoms with Gasteiger partial charge in [-0.05, 0) is 65.2 Å². The summed E-state index contributed by atoms with van der Waals surface area (Å²) in [5.41, 5.74) is 1.03. The fraction of sp³-hybridized carbons (Fsp3) is 0.667. The molecule has 3 rings (SSSR count). The first kappa shape index (κ1) is 22.3. The number of guanidine groups is 1. The lowest BCUT2D eigenvalue weighted by Gasteiger charge is -2.38. The quantitative estimate of drug-likeness (QED) is 0.277. The van der Waals surface area contributed by atoms with Crippen LogP contribution in [0, 0.1) is 0 Å². The van der Waals surface area contributed by atoms with E-state index in [1.807, 2.05) is 13.1 Å². The number of para-hydroxylation sites is 1. The van der Waals surface area contributed by atoms with E-state index in [4.69, 9.17) is 4.74 Å². The molecule has 5 nitrogen and oxygen atoms in total. The highest BCUT2D eigenvalue weighted by molar-refractivity contribution is 14.0. The molecule has 2 aliphatic heterocycles. The van der Waals surface area contributed by atoms with Gasteiger partial charge in [0.2, 0.25) is 0 Å². The molecule has 0 saturated carbocycles. The van der Waals surface area contributed by atoms with Crippen molar-refractivity contribution in [2.24, 2.45) is 4.99 Å². The molecule has 1 aromatic rings. The minimum Gasteiger partial charge on any atom is -0.487 e. The predicted octanol–water partition coefficient (Wildman–Crippen LogP) is 3.95. The third kappa shape index (κ3) is 6.52. The zero-order valence-electron chi connectivity index (χ0n) is 17.0. The monoisotopic (exact) mass is 486 g/mol. The van der Waals surface area contributed by atoms with Gasteiger partial charge in [0, 0.05) is 25.6 Å². The molecule has 2 aliphatic rings. The topological polar surface area (TPSA) is 48.9 Å². The zero-order chi connectivity index (χ0) is 18.4. The van der Waals surface area contributed by atoms with E-state index in [2.05, 4.69) is 52.6 Å². The Labute approximate surface area is 181 Å². The summed E-state index contributed by atoms with van der Waals surface area (Å²) in [4.78, 5) is 7.00. The van der Waals surface area contributed by atoms with E-state index in [9.17, 15) is 0 Å². The molecule has 0 spiro atoms. The molecule has 2 N–H and O–H groups in total. The van der Waals surface area contributed by atoms with E-state index >= 15 is 0 Å². The standard InChI is InChI=1S/C21H34N4O.HI/c1-21(2)16-18(17-10-4-5-11-19(17)26-21)24-20(22-3)23-12-6-7-13-25-14-8-9-15-25;/h4-5,10-11,18H,6-9,12-16H2,1-3H3,(H2,22,23,24);1H. The first-order valence-corrected chi connectivity index (χ1v) is 10.0. The molecule has 27 heavy (non-hydrogen) atoms. The number of rotatable bonds is 6. The van der Waals surface area contributed by atoms with Crippen molar-refractivity contribution in [3.8, 4) is 5.75 Å². The number of fused-ring (bicyclic) bond motifs is 1. The zero-order valence-corrected chi connectivity index (χ0v) is 19.3. The van der Waals surface area contributed by atoms with Gasteiger partial charge in [0.15, 0.2) is 5.96 Å². The number of likely N-dealkylation sites (tertiary alicyclic amines) is 1. The molecule has 0 aromatic heterocycles. The average Bonchev–Trinajstić information content (AvgIpc) is 3.12. The van der Waals surface area contributed by atoms with Crippen molar-refractivity contribution < 1.29 is 4.74 Å². The van der Waals surface area contributed by atoms with Crippen molar-refractivity contribution in [3.05, 3.63) is 29.8 Å².